The van der Waals surface area contributed by atoms with Crippen LogP contribution < -0.4 is 10.9 Å². The summed E-state index contributed by atoms with van der Waals surface area (Å²) >= 11 is 0. The lowest BCUT2D eigenvalue weighted by atomic mass is 10.1. The third-order valence-electron chi connectivity index (χ3n) is 3.65. The lowest BCUT2D eigenvalue weighted by molar-refractivity contribution is -0.144. The number of hydrogen-bond acceptors (Lipinski definition) is 5. The highest BCUT2D eigenvalue weighted by molar-refractivity contribution is 5.90. The molecular weight excluding hydrogens is 310 g/mol. The van der Waals surface area contributed by atoms with Crippen molar-refractivity contribution >= 4 is 22.6 Å². The second-order valence-corrected chi connectivity index (χ2v) is 5.82. The number of fused-ring (bicyclic) bond motifs is 1. The molecule has 2 aromatic rings. The third-order valence-corrected chi connectivity index (χ3v) is 3.65. The topological polar surface area (TPSA) is 90.3 Å². The molecule has 0 aliphatic heterocycles. The first-order valence-corrected chi connectivity index (χ1v) is 7.72. The van der Waals surface area contributed by atoms with E-state index in [1.807, 2.05) is 13.8 Å². The summed E-state index contributed by atoms with van der Waals surface area (Å²) in [5, 5.41) is 8.06. The summed E-state index contributed by atoms with van der Waals surface area (Å²) in [5.41, 5.74) is 0.307. The Morgan fingerprint density at radius 1 is 1.21 bits per heavy atom. The standard InChI is InChI=1S/C17H21N3O4/c1-10(2)20-16(22)13-8-6-5-7-12(13)14(19-20)9-15(21)18-11(3)17(23)24-4/h5-8,10-11H,9H2,1-4H3,(H,18,21). The molecule has 7 heteroatoms. The van der Waals surface area contributed by atoms with Gasteiger partial charge in [-0.2, -0.15) is 5.10 Å². The van der Waals surface area contributed by atoms with Crippen LogP contribution >= 0.6 is 0 Å². The number of methoxy groups -OCH3 is 1. The first kappa shape index (κ1) is 17.7. The summed E-state index contributed by atoms with van der Waals surface area (Å²) in [6.07, 6.45) is -0.0329. The van der Waals surface area contributed by atoms with Crippen LogP contribution in [-0.2, 0) is 20.7 Å². The van der Waals surface area contributed by atoms with Crippen LogP contribution in [0.5, 0.6) is 0 Å². The molecule has 128 valence electrons. The minimum Gasteiger partial charge on any atom is -0.467 e. The smallest absolute Gasteiger partial charge is 0.328 e. The summed E-state index contributed by atoms with van der Waals surface area (Å²) < 4.78 is 5.95. The molecule has 1 atom stereocenters. The minimum atomic E-state index is -0.746. The van der Waals surface area contributed by atoms with Crippen LogP contribution in [0.2, 0.25) is 0 Å². The molecule has 0 fully saturated rings. The predicted molar refractivity (Wildman–Crippen MR) is 89.7 cm³/mol. The van der Waals surface area contributed by atoms with E-state index >= 15 is 0 Å². The fourth-order valence-electron chi connectivity index (χ4n) is 2.43. The van der Waals surface area contributed by atoms with Crippen LogP contribution in [0, 0.1) is 0 Å². The van der Waals surface area contributed by atoms with Crippen molar-refractivity contribution in [2.45, 2.75) is 39.3 Å². The van der Waals surface area contributed by atoms with Crippen LogP contribution in [0.4, 0.5) is 0 Å². The van der Waals surface area contributed by atoms with Gasteiger partial charge in [0.2, 0.25) is 5.91 Å². The number of benzene rings is 1. The normalized spacial score (nSPS) is 12.2. The molecule has 0 aliphatic carbocycles. The molecule has 0 radical (unpaired) electrons. The molecule has 0 aliphatic rings. The molecule has 1 aromatic heterocycles. The van der Waals surface area contributed by atoms with Crippen molar-refractivity contribution < 1.29 is 14.3 Å². The van der Waals surface area contributed by atoms with E-state index in [1.54, 1.807) is 31.2 Å². The van der Waals surface area contributed by atoms with Gasteiger partial charge in [-0.05, 0) is 26.8 Å². The van der Waals surface area contributed by atoms with E-state index < -0.39 is 12.0 Å². The zero-order valence-corrected chi connectivity index (χ0v) is 14.2. The fourth-order valence-corrected chi connectivity index (χ4v) is 2.43. The van der Waals surface area contributed by atoms with Crippen molar-refractivity contribution in [2.24, 2.45) is 0 Å². The van der Waals surface area contributed by atoms with Crippen LogP contribution in [0.15, 0.2) is 29.1 Å². The van der Waals surface area contributed by atoms with Crippen molar-refractivity contribution in [1.29, 1.82) is 0 Å². The largest absolute Gasteiger partial charge is 0.467 e. The van der Waals surface area contributed by atoms with E-state index in [1.165, 1.54) is 11.8 Å². The summed E-state index contributed by atoms with van der Waals surface area (Å²) in [4.78, 5) is 36.1. The highest BCUT2D eigenvalue weighted by atomic mass is 16.5. The highest BCUT2D eigenvalue weighted by Gasteiger charge is 2.19. The Balaban J connectivity index is 2.38. The monoisotopic (exact) mass is 331 g/mol. The van der Waals surface area contributed by atoms with Gasteiger partial charge in [0.1, 0.15) is 6.04 Å². The van der Waals surface area contributed by atoms with Gasteiger partial charge in [-0.15, -0.1) is 0 Å². The Morgan fingerprint density at radius 3 is 2.42 bits per heavy atom. The van der Waals surface area contributed by atoms with Crippen molar-refractivity contribution in [1.82, 2.24) is 15.1 Å². The number of nitrogens with zero attached hydrogens (tertiary/aromatic N) is 2. The Morgan fingerprint density at radius 2 is 1.83 bits per heavy atom. The number of carbonyl (C=O) groups excluding carboxylic acids is 2. The Hall–Kier alpha value is -2.70. The maximum Gasteiger partial charge on any atom is 0.328 e. The quantitative estimate of drug-likeness (QED) is 0.831. The summed E-state index contributed by atoms with van der Waals surface area (Å²) in [6, 6.07) is 6.18. The van der Waals surface area contributed by atoms with Gasteiger partial charge < -0.3 is 10.1 Å². The molecule has 24 heavy (non-hydrogen) atoms. The highest BCUT2D eigenvalue weighted by Crippen LogP contribution is 2.15. The summed E-state index contributed by atoms with van der Waals surface area (Å²) in [5.74, 6) is -0.882. The number of aromatic nitrogens is 2. The molecule has 1 heterocycles. The molecule has 0 bridgehead atoms. The SMILES string of the molecule is COC(=O)C(C)NC(=O)Cc1nn(C(C)C)c(=O)c2ccccc12. The van der Waals surface area contributed by atoms with E-state index in [0.29, 0.717) is 16.5 Å². The Kier molecular flexibility index (Phi) is 5.33. The number of rotatable bonds is 5. The van der Waals surface area contributed by atoms with Gasteiger partial charge in [0.25, 0.3) is 5.56 Å². The van der Waals surface area contributed by atoms with E-state index in [2.05, 4.69) is 15.2 Å². The summed E-state index contributed by atoms with van der Waals surface area (Å²) in [7, 11) is 1.26. The molecule has 0 spiro atoms. The Labute approximate surface area is 139 Å². The van der Waals surface area contributed by atoms with Crippen LogP contribution in [0.3, 0.4) is 0 Å². The number of hydrogen-bond donors (Lipinski definition) is 1. The van der Waals surface area contributed by atoms with Crippen molar-refractivity contribution in [3.63, 3.8) is 0 Å². The van der Waals surface area contributed by atoms with Gasteiger partial charge >= 0.3 is 5.97 Å². The van der Waals surface area contributed by atoms with Crippen LogP contribution in [-0.4, -0.2) is 34.8 Å². The molecular formula is C17H21N3O4. The zero-order valence-electron chi connectivity index (χ0n) is 14.2. The average Bonchev–Trinajstić information content (AvgIpc) is 2.56. The predicted octanol–water partition coefficient (Wildman–Crippen LogP) is 1.20. The number of nitrogens with one attached hydrogen (secondary N) is 1. The van der Waals surface area contributed by atoms with Gasteiger partial charge in [0.15, 0.2) is 0 Å². The average molecular weight is 331 g/mol. The second-order valence-electron chi connectivity index (χ2n) is 5.82. The number of carbonyl (C=O) groups is 2. The third kappa shape index (κ3) is 3.61. The first-order valence-electron chi connectivity index (χ1n) is 7.72. The lowest BCUT2D eigenvalue weighted by Crippen LogP contribution is -2.40. The fraction of sp³-hybridized carbons (Fsp3) is 0.412. The van der Waals surface area contributed by atoms with Gasteiger partial charge in [-0.1, -0.05) is 18.2 Å². The number of ether oxygens (including phenoxy) is 1. The van der Waals surface area contributed by atoms with E-state index in [-0.39, 0.29) is 23.9 Å². The molecule has 1 unspecified atom stereocenters. The van der Waals surface area contributed by atoms with E-state index in [9.17, 15) is 14.4 Å². The van der Waals surface area contributed by atoms with Gasteiger partial charge in [0, 0.05) is 5.39 Å². The van der Waals surface area contributed by atoms with Gasteiger partial charge in [0.05, 0.1) is 30.7 Å². The maximum absolute atomic E-state index is 12.5. The summed E-state index contributed by atoms with van der Waals surface area (Å²) in [6.45, 7) is 5.25. The lowest BCUT2D eigenvalue weighted by Gasteiger charge is -2.15. The second kappa shape index (κ2) is 7.25. The molecule has 1 aromatic carbocycles. The number of esters is 1. The molecule has 0 saturated carbocycles. The van der Waals surface area contributed by atoms with Gasteiger partial charge in [-0.25, -0.2) is 9.48 Å². The van der Waals surface area contributed by atoms with E-state index in [0.717, 1.165) is 0 Å². The first-order chi connectivity index (χ1) is 11.3. The molecule has 2 rings (SSSR count). The van der Waals surface area contributed by atoms with Crippen molar-refractivity contribution in [2.75, 3.05) is 7.11 Å². The molecule has 7 nitrogen and oxygen atoms in total. The minimum absolute atomic E-state index is 0.0329. The van der Waals surface area contributed by atoms with Crippen LogP contribution in [0.1, 0.15) is 32.5 Å². The number of amides is 1. The Bertz CT molecular complexity index is 826. The maximum atomic E-state index is 12.5. The molecule has 0 saturated heterocycles. The molecule has 1 N–H and O–H groups in total. The zero-order chi connectivity index (χ0) is 17.9. The van der Waals surface area contributed by atoms with E-state index in [4.69, 9.17) is 0 Å². The van der Waals surface area contributed by atoms with Crippen molar-refractivity contribution in [3.8, 4) is 0 Å². The van der Waals surface area contributed by atoms with Crippen molar-refractivity contribution in [3.05, 3.63) is 40.3 Å². The van der Waals surface area contributed by atoms with Crippen LogP contribution in [0.25, 0.3) is 10.8 Å². The molecule has 1 amide bonds. The van der Waals surface area contributed by atoms with Gasteiger partial charge in [-0.3, -0.25) is 9.59 Å².